The number of rotatable bonds is 5. The molecule has 0 saturated carbocycles. The van der Waals surface area contributed by atoms with Crippen LogP contribution in [0.2, 0.25) is 5.02 Å². The van der Waals surface area contributed by atoms with Crippen LogP contribution in [0.4, 0.5) is 5.69 Å². The average molecular weight is 673 g/mol. The van der Waals surface area contributed by atoms with Crippen molar-refractivity contribution in [3.05, 3.63) is 94.9 Å². The van der Waals surface area contributed by atoms with E-state index in [4.69, 9.17) is 16.3 Å². The van der Waals surface area contributed by atoms with Gasteiger partial charge in [0.25, 0.3) is 5.91 Å². The number of carbonyl (C=O) groups excluding carboxylic acids is 1. The van der Waals surface area contributed by atoms with Crippen molar-refractivity contribution in [2.45, 2.75) is 6.61 Å². The Kier molecular flexibility index (Phi) is 7.57. The summed E-state index contributed by atoms with van der Waals surface area (Å²) < 4.78 is 8.03. The Morgan fingerprint density at radius 3 is 2.39 bits per heavy atom. The third-order valence-corrected chi connectivity index (χ3v) is 7.02. The Balaban J connectivity index is 1.50. The van der Waals surface area contributed by atoms with Crippen LogP contribution in [0.3, 0.4) is 0 Å². The van der Waals surface area contributed by atoms with E-state index in [2.05, 4.69) is 55.5 Å². The van der Waals surface area contributed by atoms with Gasteiger partial charge >= 0.3 is 0 Å². The lowest BCUT2D eigenvalue weighted by atomic mass is 10.2. The Hall–Kier alpha value is -1.56. The second-order valence-electron chi connectivity index (χ2n) is 6.55. The van der Waals surface area contributed by atoms with Crippen molar-refractivity contribution in [3.63, 3.8) is 0 Å². The minimum atomic E-state index is -0.160. The number of aliphatic imine (C=N–C) groups is 1. The molecule has 1 amide bonds. The molecular formula is C23H15ClI2N2O2S. The van der Waals surface area contributed by atoms with Gasteiger partial charge in [-0.3, -0.25) is 4.79 Å². The number of hydrogen-bond acceptors (Lipinski definition) is 4. The molecule has 1 heterocycles. The van der Waals surface area contributed by atoms with Crippen molar-refractivity contribution in [1.82, 2.24) is 5.32 Å². The molecule has 1 N–H and O–H groups in total. The summed E-state index contributed by atoms with van der Waals surface area (Å²) in [5.41, 5.74) is 2.79. The molecule has 4 nitrogen and oxygen atoms in total. The van der Waals surface area contributed by atoms with E-state index in [-0.39, 0.29) is 5.91 Å². The molecule has 0 unspecified atom stereocenters. The van der Waals surface area contributed by atoms with E-state index in [0.29, 0.717) is 21.7 Å². The fourth-order valence-electron chi connectivity index (χ4n) is 2.80. The normalized spacial score (nSPS) is 16.0. The summed E-state index contributed by atoms with van der Waals surface area (Å²) in [5, 5.41) is 4.00. The molecule has 0 aliphatic carbocycles. The zero-order valence-electron chi connectivity index (χ0n) is 15.9. The van der Waals surface area contributed by atoms with Gasteiger partial charge in [0, 0.05) is 5.02 Å². The monoisotopic (exact) mass is 672 g/mol. The summed E-state index contributed by atoms with van der Waals surface area (Å²) in [6.45, 7) is 0.510. The number of nitrogens with one attached hydrogen (secondary N) is 1. The predicted molar refractivity (Wildman–Crippen MR) is 145 cm³/mol. The quantitative estimate of drug-likeness (QED) is 0.234. The molecule has 1 aliphatic rings. The maximum absolute atomic E-state index is 12.4. The van der Waals surface area contributed by atoms with Gasteiger partial charge in [-0.2, -0.15) is 0 Å². The number of hydrogen-bond donors (Lipinski definition) is 1. The first-order chi connectivity index (χ1) is 15.0. The minimum Gasteiger partial charge on any atom is -0.487 e. The maximum Gasteiger partial charge on any atom is 0.264 e. The lowest BCUT2D eigenvalue weighted by Crippen LogP contribution is -2.19. The van der Waals surface area contributed by atoms with E-state index < -0.39 is 0 Å². The molecule has 1 fully saturated rings. The van der Waals surface area contributed by atoms with E-state index in [1.165, 1.54) is 11.8 Å². The number of amidine groups is 1. The van der Waals surface area contributed by atoms with Crippen LogP contribution in [0.25, 0.3) is 6.08 Å². The van der Waals surface area contributed by atoms with Gasteiger partial charge in [-0.1, -0.05) is 41.9 Å². The first-order valence-corrected chi connectivity index (χ1v) is 12.5. The highest BCUT2D eigenvalue weighted by Gasteiger charge is 2.24. The van der Waals surface area contributed by atoms with Gasteiger partial charge in [0.15, 0.2) is 5.17 Å². The molecule has 31 heavy (non-hydrogen) atoms. The fraction of sp³-hybridized carbons (Fsp3) is 0.0435. The van der Waals surface area contributed by atoms with Crippen molar-refractivity contribution in [3.8, 4) is 5.75 Å². The van der Waals surface area contributed by atoms with E-state index in [9.17, 15) is 4.79 Å². The second-order valence-corrected chi connectivity index (χ2v) is 10.3. The van der Waals surface area contributed by atoms with E-state index in [1.54, 1.807) is 12.1 Å². The minimum absolute atomic E-state index is 0.160. The molecule has 3 aromatic carbocycles. The highest BCUT2D eigenvalue weighted by atomic mass is 127. The first-order valence-electron chi connectivity index (χ1n) is 9.19. The first kappa shape index (κ1) is 22.6. The zero-order chi connectivity index (χ0) is 21.8. The number of halogens is 3. The van der Waals surface area contributed by atoms with E-state index in [0.717, 1.165) is 29.7 Å². The van der Waals surface area contributed by atoms with E-state index in [1.807, 2.05) is 60.7 Å². The van der Waals surface area contributed by atoms with Gasteiger partial charge in [0.1, 0.15) is 12.4 Å². The van der Waals surface area contributed by atoms with E-state index >= 15 is 0 Å². The summed E-state index contributed by atoms with van der Waals surface area (Å²) in [7, 11) is 0. The van der Waals surface area contributed by atoms with Gasteiger partial charge in [-0.15, -0.1) is 0 Å². The Morgan fingerprint density at radius 2 is 1.71 bits per heavy atom. The Labute approximate surface area is 216 Å². The third-order valence-electron chi connectivity index (χ3n) is 4.25. The molecule has 1 saturated heterocycles. The largest absolute Gasteiger partial charge is 0.487 e. The molecule has 0 aromatic heterocycles. The van der Waals surface area contributed by atoms with Gasteiger partial charge < -0.3 is 10.1 Å². The van der Waals surface area contributed by atoms with Crippen LogP contribution in [0.15, 0.2) is 76.6 Å². The van der Waals surface area contributed by atoms with Crippen LogP contribution in [-0.2, 0) is 11.4 Å². The molecule has 156 valence electrons. The Bertz CT molecular complexity index is 1160. The number of thioether (sulfide) groups is 1. The molecule has 0 spiro atoms. The van der Waals surface area contributed by atoms with Crippen LogP contribution in [0, 0.1) is 7.14 Å². The van der Waals surface area contributed by atoms with Crippen molar-refractivity contribution >= 4 is 91.4 Å². The molecular weight excluding hydrogens is 658 g/mol. The highest BCUT2D eigenvalue weighted by Crippen LogP contribution is 2.33. The molecule has 0 radical (unpaired) electrons. The van der Waals surface area contributed by atoms with Gasteiger partial charge in [0.2, 0.25) is 0 Å². The summed E-state index contributed by atoms with van der Waals surface area (Å²) in [4.78, 5) is 17.5. The van der Waals surface area contributed by atoms with Crippen molar-refractivity contribution in [1.29, 1.82) is 0 Å². The number of ether oxygens (including phenoxy) is 1. The number of nitrogens with zero attached hydrogens (tertiary/aromatic N) is 1. The lowest BCUT2D eigenvalue weighted by Gasteiger charge is -2.11. The zero-order valence-corrected chi connectivity index (χ0v) is 21.8. The van der Waals surface area contributed by atoms with Crippen LogP contribution in [0.5, 0.6) is 5.75 Å². The van der Waals surface area contributed by atoms with Gasteiger partial charge in [-0.05, 0) is 111 Å². The number of carbonyl (C=O) groups is 1. The van der Waals surface area contributed by atoms with Crippen molar-refractivity contribution in [2.75, 3.05) is 0 Å². The second kappa shape index (κ2) is 10.4. The van der Waals surface area contributed by atoms with Crippen LogP contribution >= 0.6 is 68.5 Å². The molecule has 0 bridgehead atoms. The average Bonchev–Trinajstić information content (AvgIpc) is 3.08. The predicted octanol–water partition coefficient (Wildman–Crippen LogP) is 7.02. The summed E-state index contributed by atoms with van der Waals surface area (Å²) in [5.74, 6) is 0.688. The molecule has 3 aromatic rings. The third kappa shape index (κ3) is 6.03. The van der Waals surface area contributed by atoms with Crippen molar-refractivity contribution in [2.24, 2.45) is 4.99 Å². The molecule has 0 atom stereocenters. The van der Waals surface area contributed by atoms with Gasteiger partial charge in [-0.25, -0.2) is 4.99 Å². The number of benzene rings is 3. The van der Waals surface area contributed by atoms with Crippen molar-refractivity contribution < 1.29 is 9.53 Å². The number of amides is 1. The standard InChI is InChI=1S/C23H15ClI2N2O2S/c24-16-6-8-17(9-7-16)27-23-28-22(29)20(31-23)12-15-10-18(25)21(19(26)11-15)30-13-14-4-2-1-3-5-14/h1-12H,13H2,(H,27,28,29)/b20-12-. The SMILES string of the molecule is O=C1NC(=Nc2ccc(Cl)cc2)S/C1=C\c1cc(I)c(OCc2ccccc2)c(I)c1. The topological polar surface area (TPSA) is 50.7 Å². The highest BCUT2D eigenvalue weighted by molar-refractivity contribution is 14.1. The molecule has 4 rings (SSSR count). The molecule has 1 aliphatic heterocycles. The smallest absolute Gasteiger partial charge is 0.264 e. The van der Waals surface area contributed by atoms with Crippen LogP contribution < -0.4 is 10.1 Å². The summed E-state index contributed by atoms with van der Waals surface area (Å²) in [6.07, 6.45) is 1.87. The van der Waals surface area contributed by atoms with Gasteiger partial charge in [0.05, 0.1) is 17.7 Å². The fourth-order valence-corrected chi connectivity index (χ4v) is 5.89. The lowest BCUT2D eigenvalue weighted by molar-refractivity contribution is -0.115. The summed E-state index contributed by atoms with van der Waals surface area (Å²) in [6, 6.07) is 21.2. The van der Waals surface area contributed by atoms with Crippen LogP contribution in [0.1, 0.15) is 11.1 Å². The summed E-state index contributed by atoms with van der Waals surface area (Å²) >= 11 is 11.8. The maximum atomic E-state index is 12.4. The molecule has 8 heteroatoms. The van der Waals surface area contributed by atoms with Crippen LogP contribution in [-0.4, -0.2) is 11.1 Å². The Morgan fingerprint density at radius 1 is 1.03 bits per heavy atom.